The van der Waals surface area contributed by atoms with E-state index in [4.69, 9.17) is 5.11 Å². The van der Waals surface area contributed by atoms with Gasteiger partial charge in [-0.1, -0.05) is 17.8 Å². The van der Waals surface area contributed by atoms with Crippen molar-refractivity contribution in [2.45, 2.75) is 12.6 Å². The van der Waals surface area contributed by atoms with Gasteiger partial charge >= 0.3 is 5.97 Å². The van der Waals surface area contributed by atoms with Crippen LogP contribution in [0, 0.1) is 0 Å². The monoisotopic (exact) mass is 281 g/mol. The van der Waals surface area contributed by atoms with Crippen LogP contribution in [0.2, 0.25) is 0 Å². The molecule has 0 spiro atoms. The second-order valence-corrected chi connectivity index (χ2v) is 4.86. The quantitative estimate of drug-likeness (QED) is 0.728. The number of carbonyl (C=O) groups is 3. The lowest BCUT2D eigenvalue weighted by Gasteiger charge is -2.10. The zero-order valence-electron chi connectivity index (χ0n) is 9.75. The molecule has 7 nitrogen and oxygen atoms in total. The Balaban J connectivity index is 1.86. The molecular weight excluding hydrogens is 270 g/mol. The first-order valence-corrected chi connectivity index (χ1v) is 6.44. The highest BCUT2D eigenvalue weighted by Gasteiger charge is 2.27. The maximum atomic E-state index is 11.7. The Morgan fingerprint density at radius 2 is 2.32 bits per heavy atom. The van der Waals surface area contributed by atoms with E-state index in [1.54, 1.807) is 6.07 Å². The molecule has 0 saturated carbocycles. The third-order valence-electron chi connectivity index (χ3n) is 2.50. The summed E-state index contributed by atoms with van der Waals surface area (Å²) >= 11 is 1.07. The molecule has 3 N–H and O–H groups in total. The predicted molar refractivity (Wildman–Crippen MR) is 67.8 cm³/mol. The van der Waals surface area contributed by atoms with Gasteiger partial charge in [0.2, 0.25) is 5.91 Å². The van der Waals surface area contributed by atoms with E-state index in [9.17, 15) is 14.4 Å². The molecule has 0 aliphatic carbocycles. The minimum Gasteiger partial charge on any atom is -0.477 e. The van der Waals surface area contributed by atoms with Crippen molar-refractivity contribution in [3.8, 4) is 0 Å². The average molecular weight is 281 g/mol. The lowest BCUT2D eigenvalue weighted by Crippen LogP contribution is -2.42. The van der Waals surface area contributed by atoms with E-state index in [0.717, 1.165) is 11.8 Å². The van der Waals surface area contributed by atoms with E-state index in [0.29, 0.717) is 11.3 Å². The molecule has 2 heterocycles. The first-order valence-electron chi connectivity index (χ1n) is 5.45. The minimum absolute atomic E-state index is 0.0467. The summed E-state index contributed by atoms with van der Waals surface area (Å²) in [5.41, 5.74) is 0.643. The molecule has 19 heavy (non-hydrogen) atoms. The molecule has 8 heteroatoms. The van der Waals surface area contributed by atoms with E-state index in [1.807, 2.05) is 0 Å². The van der Waals surface area contributed by atoms with Crippen LogP contribution in [0.5, 0.6) is 0 Å². The Hall–Kier alpha value is -2.09. The fraction of sp³-hybridized carbons (Fsp3) is 0.273. The number of amides is 2. The Kier molecular flexibility index (Phi) is 4.00. The molecule has 1 saturated heterocycles. The van der Waals surface area contributed by atoms with Crippen molar-refractivity contribution in [3.05, 3.63) is 29.6 Å². The van der Waals surface area contributed by atoms with Crippen molar-refractivity contribution in [2.24, 2.45) is 0 Å². The van der Waals surface area contributed by atoms with Gasteiger partial charge in [-0.25, -0.2) is 9.78 Å². The molecule has 0 radical (unpaired) electrons. The van der Waals surface area contributed by atoms with Crippen molar-refractivity contribution in [2.75, 3.05) is 5.75 Å². The molecule has 1 atom stereocenters. The maximum absolute atomic E-state index is 11.7. The molecule has 1 aliphatic rings. The van der Waals surface area contributed by atoms with Crippen LogP contribution in [-0.2, 0) is 11.3 Å². The molecule has 100 valence electrons. The third kappa shape index (κ3) is 3.44. The van der Waals surface area contributed by atoms with Crippen LogP contribution in [0.4, 0.5) is 4.79 Å². The fourth-order valence-corrected chi connectivity index (χ4v) is 2.27. The molecule has 2 rings (SSSR count). The minimum atomic E-state index is -1.10. The first-order chi connectivity index (χ1) is 9.06. The van der Waals surface area contributed by atoms with Gasteiger partial charge in [0.15, 0.2) is 0 Å². The van der Waals surface area contributed by atoms with Gasteiger partial charge in [-0.05, 0) is 11.6 Å². The summed E-state index contributed by atoms with van der Waals surface area (Å²) in [5.74, 6) is -0.942. The van der Waals surface area contributed by atoms with Crippen molar-refractivity contribution in [1.82, 2.24) is 15.6 Å². The largest absolute Gasteiger partial charge is 0.477 e. The number of aromatic nitrogens is 1. The van der Waals surface area contributed by atoms with Crippen molar-refractivity contribution in [3.63, 3.8) is 0 Å². The number of hydrogen-bond donors (Lipinski definition) is 3. The highest BCUT2D eigenvalue weighted by atomic mass is 32.2. The summed E-state index contributed by atoms with van der Waals surface area (Å²) in [6, 6.07) is 2.44. The second-order valence-electron chi connectivity index (χ2n) is 3.87. The SMILES string of the molecule is O=C1NC(C(=O)NCc2ccc(C(=O)O)nc2)CS1. The smallest absolute Gasteiger partial charge is 0.354 e. The van der Waals surface area contributed by atoms with Crippen molar-refractivity contribution < 1.29 is 19.5 Å². The van der Waals surface area contributed by atoms with Crippen molar-refractivity contribution >= 4 is 28.9 Å². The number of carboxylic acid groups (broad SMARTS) is 1. The van der Waals surface area contributed by atoms with Crippen LogP contribution in [-0.4, -0.2) is 39.0 Å². The maximum Gasteiger partial charge on any atom is 0.354 e. The van der Waals surface area contributed by atoms with E-state index in [-0.39, 0.29) is 23.4 Å². The number of pyridine rings is 1. The summed E-state index contributed by atoms with van der Waals surface area (Å²) in [5, 5.41) is 13.7. The van der Waals surface area contributed by atoms with Gasteiger partial charge in [0.05, 0.1) is 0 Å². The van der Waals surface area contributed by atoms with Gasteiger partial charge in [0.25, 0.3) is 5.24 Å². The number of carboxylic acids is 1. The first kappa shape index (κ1) is 13.3. The summed E-state index contributed by atoms with van der Waals surface area (Å²) in [6.07, 6.45) is 1.39. The Labute approximate surface area is 112 Å². The molecular formula is C11H11N3O4S. The van der Waals surface area contributed by atoms with Gasteiger partial charge in [0, 0.05) is 18.5 Å². The third-order valence-corrected chi connectivity index (χ3v) is 3.38. The van der Waals surface area contributed by atoms with Crippen LogP contribution in [0.25, 0.3) is 0 Å². The summed E-state index contributed by atoms with van der Waals surface area (Å²) in [7, 11) is 0. The Morgan fingerprint density at radius 1 is 1.53 bits per heavy atom. The molecule has 0 bridgehead atoms. The Bertz CT molecular complexity index is 517. The molecule has 1 aromatic heterocycles. The lowest BCUT2D eigenvalue weighted by atomic mass is 10.2. The Morgan fingerprint density at radius 3 is 2.84 bits per heavy atom. The number of rotatable bonds is 4. The number of hydrogen-bond acceptors (Lipinski definition) is 5. The van der Waals surface area contributed by atoms with Crippen LogP contribution >= 0.6 is 11.8 Å². The summed E-state index contributed by atoms with van der Waals surface area (Å²) in [4.78, 5) is 37.0. The van der Waals surface area contributed by atoms with Crippen LogP contribution < -0.4 is 10.6 Å². The molecule has 0 aromatic carbocycles. The average Bonchev–Trinajstić information content (AvgIpc) is 2.83. The highest BCUT2D eigenvalue weighted by molar-refractivity contribution is 8.14. The van der Waals surface area contributed by atoms with E-state index >= 15 is 0 Å². The summed E-state index contributed by atoms with van der Waals surface area (Å²) in [6.45, 7) is 0.239. The number of aromatic carboxylic acids is 1. The van der Waals surface area contributed by atoms with Crippen LogP contribution in [0.3, 0.4) is 0 Å². The van der Waals surface area contributed by atoms with Gasteiger partial charge in [0.1, 0.15) is 11.7 Å². The number of thioether (sulfide) groups is 1. The van der Waals surface area contributed by atoms with Crippen molar-refractivity contribution in [1.29, 1.82) is 0 Å². The molecule has 1 aliphatic heterocycles. The highest BCUT2D eigenvalue weighted by Crippen LogP contribution is 2.12. The normalized spacial score (nSPS) is 17.9. The number of nitrogens with zero attached hydrogens (tertiary/aromatic N) is 1. The molecule has 1 unspecified atom stereocenters. The van der Waals surface area contributed by atoms with E-state index in [1.165, 1.54) is 12.3 Å². The molecule has 2 amide bonds. The van der Waals surface area contributed by atoms with E-state index < -0.39 is 12.0 Å². The zero-order valence-corrected chi connectivity index (χ0v) is 10.6. The van der Waals surface area contributed by atoms with E-state index in [2.05, 4.69) is 15.6 Å². The number of nitrogens with one attached hydrogen (secondary N) is 2. The van der Waals surface area contributed by atoms with Gasteiger partial charge in [-0.2, -0.15) is 0 Å². The van der Waals surface area contributed by atoms with Gasteiger partial charge < -0.3 is 15.7 Å². The topological polar surface area (TPSA) is 108 Å². The predicted octanol–water partition coefficient (Wildman–Crippen LogP) is 0.221. The lowest BCUT2D eigenvalue weighted by molar-refractivity contribution is -0.122. The fourth-order valence-electron chi connectivity index (χ4n) is 1.49. The summed E-state index contributed by atoms with van der Waals surface area (Å²) < 4.78 is 0. The zero-order chi connectivity index (χ0) is 13.8. The van der Waals surface area contributed by atoms with Crippen LogP contribution in [0.15, 0.2) is 18.3 Å². The molecule has 1 fully saturated rings. The molecule has 1 aromatic rings. The van der Waals surface area contributed by atoms with Gasteiger partial charge in [-0.3, -0.25) is 9.59 Å². The number of carbonyl (C=O) groups excluding carboxylic acids is 2. The standard InChI is InChI=1S/C11H11N3O4S/c15-9(8-5-19-11(18)14-8)13-4-6-1-2-7(10(16)17)12-3-6/h1-3,8H,4-5H2,(H,13,15)(H,14,18)(H,16,17). The second kappa shape index (κ2) is 5.70. The van der Waals surface area contributed by atoms with Crippen LogP contribution in [0.1, 0.15) is 16.1 Å². The van der Waals surface area contributed by atoms with Gasteiger partial charge in [-0.15, -0.1) is 0 Å².